The van der Waals surface area contributed by atoms with Crippen LogP contribution in [-0.2, 0) is 13.1 Å². The first kappa shape index (κ1) is 16.7. The first-order chi connectivity index (χ1) is 12.3. The van der Waals surface area contributed by atoms with E-state index < -0.39 is 0 Å². The van der Waals surface area contributed by atoms with Crippen molar-refractivity contribution in [2.75, 3.05) is 13.1 Å². The molecule has 3 aromatic rings. The Bertz CT molecular complexity index is 937. The number of fused-ring (bicyclic) bond motifs is 3. The van der Waals surface area contributed by atoms with Crippen LogP contribution in [0.15, 0.2) is 29.1 Å². The molecule has 2 aromatic heterocycles. The van der Waals surface area contributed by atoms with Crippen molar-refractivity contribution in [1.29, 1.82) is 0 Å². The van der Waals surface area contributed by atoms with Gasteiger partial charge in [-0.3, -0.25) is 9.69 Å². The van der Waals surface area contributed by atoms with Crippen molar-refractivity contribution in [2.24, 2.45) is 0 Å². The number of nitrogens with zero attached hydrogens (tertiary/aromatic N) is 3. The van der Waals surface area contributed by atoms with Crippen molar-refractivity contribution < 1.29 is 0 Å². The summed E-state index contributed by atoms with van der Waals surface area (Å²) in [6, 6.07) is 8.23. The number of hydrogen-bond acceptors (Lipinski definition) is 4. The van der Waals surface area contributed by atoms with Gasteiger partial charge in [0.1, 0.15) is 11.3 Å². The molecular formula is C20H25N3OS. The summed E-state index contributed by atoms with van der Waals surface area (Å²) < 4.78 is 3.47. The number of rotatable bonds is 5. The van der Waals surface area contributed by atoms with Gasteiger partial charge in [-0.05, 0) is 38.4 Å². The highest BCUT2D eigenvalue weighted by atomic mass is 32.1. The van der Waals surface area contributed by atoms with Crippen LogP contribution in [0.2, 0.25) is 0 Å². The summed E-state index contributed by atoms with van der Waals surface area (Å²) in [5.74, 6) is 1.06. The fraction of sp³-hybridized carbons (Fsp3) is 0.500. The van der Waals surface area contributed by atoms with Crippen LogP contribution in [0.5, 0.6) is 0 Å². The molecule has 1 aromatic carbocycles. The van der Waals surface area contributed by atoms with Gasteiger partial charge in [-0.25, -0.2) is 4.98 Å². The monoisotopic (exact) mass is 355 g/mol. The molecule has 1 aliphatic rings. The van der Waals surface area contributed by atoms with Crippen LogP contribution in [0, 0.1) is 0 Å². The predicted molar refractivity (Wildman–Crippen MR) is 105 cm³/mol. The number of imidazole rings is 1. The molecule has 132 valence electrons. The molecule has 5 heteroatoms. The van der Waals surface area contributed by atoms with Gasteiger partial charge in [-0.15, -0.1) is 0 Å². The SMILES string of the molecule is CCCCn1c(CN2CCCCC2)nc2c(=O)sc3ccccc3c21. The first-order valence-electron chi connectivity index (χ1n) is 9.41. The van der Waals surface area contributed by atoms with Crippen LogP contribution < -0.4 is 4.74 Å². The normalized spacial score (nSPS) is 16.0. The molecule has 0 atom stereocenters. The van der Waals surface area contributed by atoms with Crippen LogP contribution in [0.3, 0.4) is 0 Å². The van der Waals surface area contributed by atoms with Crippen molar-refractivity contribution in [1.82, 2.24) is 14.5 Å². The highest BCUT2D eigenvalue weighted by Crippen LogP contribution is 2.27. The fourth-order valence-electron chi connectivity index (χ4n) is 3.81. The Kier molecular flexibility index (Phi) is 4.86. The quantitative estimate of drug-likeness (QED) is 0.681. The van der Waals surface area contributed by atoms with Crippen LogP contribution in [-0.4, -0.2) is 27.5 Å². The minimum Gasteiger partial charge on any atom is -0.326 e. The Morgan fingerprint density at radius 1 is 1.16 bits per heavy atom. The third kappa shape index (κ3) is 3.23. The fourth-order valence-corrected chi connectivity index (χ4v) is 4.67. The lowest BCUT2D eigenvalue weighted by atomic mass is 10.1. The Labute approximate surface area is 152 Å². The topological polar surface area (TPSA) is 38.1 Å². The van der Waals surface area contributed by atoms with Gasteiger partial charge in [0.2, 0.25) is 0 Å². The lowest BCUT2D eigenvalue weighted by Crippen LogP contribution is -2.30. The minimum absolute atomic E-state index is 0.0869. The Morgan fingerprint density at radius 2 is 1.96 bits per heavy atom. The number of unbranched alkanes of at least 4 members (excludes halogenated alkanes) is 1. The van der Waals surface area contributed by atoms with Crippen molar-refractivity contribution in [2.45, 2.75) is 52.1 Å². The summed E-state index contributed by atoms with van der Waals surface area (Å²) in [6.07, 6.45) is 6.12. The molecule has 1 saturated heterocycles. The molecule has 1 aliphatic heterocycles. The maximum atomic E-state index is 12.7. The van der Waals surface area contributed by atoms with E-state index in [4.69, 9.17) is 4.98 Å². The highest BCUT2D eigenvalue weighted by molar-refractivity contribution is 7.16. The van der Waals surface area contributed by atoms with Crippen molar-refractivity contribution >= 4 is 32.5 Å². The molecule has 0 aliphatic carbocycles. The molecule has 1 fully saturated rings. The van der Waals surface area contributed by atoms with Gasteiger partial charge in [0.15, 0.2) is 0 Å². The first-order valence-corrected chi connectivity index (χ1v) is 10.2. The molecule has 0 bridgehead atoms. The zero-order chi connectivity index (χ0) is 17.2. The second-order valence-electron chi connectivity index (χ2n) is 6.95. The van der Waals surface area contributed by atoms with E-state index in [9.17, 15) is 4.79 Å². The van der Waals surface area contributed by atoms with Gasteiger partial charge in [0.25, 0.3) is 4.74 Å². The Hall–Kier alpha value is -1.72. The third-order valence-electron chi connectivity index (χ3n) is 5.13. The van der Waals surface area contributed by atoms with Gasteiger partial charge >= 0.3 is 0 Å². The van der Waals surface area contributed by atoms with Gasteiger partial charge in [-0.1, -0.05) is 49.3 Å². The number of benzene rings is 1. The molecule has 0 spiro atoms. The molecule has 25 heavy (non-hydrogen) atoms. The average Bonchev–Trinajstić information content (AvgIpc) is 3.00. The predicted octanol–water partition coefficient (Wildman–Crippen LogP) is 4.40. The van der Waals surface area contributed by atoms with Crippen LogP contribution >= 0.6 is 11.3 Å². The average molecular weight is 356 g/mol. The van der Waals surface area contributed by atoms with Crippen molar-refractivity contribution in [3.63, 3.8) is 0 Å². The van der Waals surface area contributed by atoms with Crippen LogP contribution in [0.25, 0.3) is 21.1 Å². The van der Waals surface area contributed by atoms with Gasteiger partial charge in [0, 0.05) is 16.6 Å². The Morgan fingerprint density at radius 3 is 2.76 bits per heavy atom. The highest BCUT2D eigenvalue weighted by Gasteiger charge is 2.19. The molecule has 0 radical (unpaired) electrons. The molecule has 0 saturated carbocycles. The van der Waals surface area contributed by atoms with E-state index in [0.717, 1.165) is 60.4 Å². The van der Waals surface area contributed by atoms with E-state index >= 15 is 0 Å². The third-order valence-corrected chi connectivity index (χ3v) is 6.09. The van der Waals surface area contributed by atoms with Crippen LogP contribution in [0.1, 0.15) is 44.9 Å². The summed E-state index contributed by atoms with van der Waals surface area (Å²) >= 11 is 1.32. The van der Waals surface area contributed by atoms with Gasteiger partial charge in [-0.2, -0.15) is 0 Å². The zero-order valence-electron chi connectivity index (χ0n) is 14.8. The summed E-state index contributed by atoms with van der Waals surface area (Å²) in [5, 5.41) is 1.16. The number of aromatic nitrogens is 2. The molecule has 0 amide bonds. The maximum absolute atomic E-state index is 12.7. The number of likely N-dealkylation sites (tertiary alicyclic amines) is 1. The van der Waals surface area contributed by atoms with E-state index in [0.29, 0.717) is 5.52 Å². The number of aryl methyl sites for hydroxylation is 1. The van der Waals surface area contributed by atoms with Gasteiger partial charge in [0.05, 0.1) is 12.1 Å². The van der Waals surface area contributed by atoms with E-state index in [1.54, 1.807) is 0 Å². The summed E-state index contributed by atoms with van der Waals surface area (Å²) in [7, 11) is 0. The molecule has 4 nitrogen and oxygen atoms in total. The summed E-state index contributed by atoms with van der Waals surface area (Å²) in [5.41, 5.74) is 1.70. The Balaban J connectivity index is 1.87. The van der Waals surface area contributed by atoms with E-state index in [1.807, 2.05) is 12.1 Å². The van der Waals surface area contributed by atoms with Crippen molar-refractivity contribution in [3.05, 3.63) is 39.6 Å². The maximum Gasteiger partial charge on any atom is 0.260 e. The van der Waals surface area contributed by atoms with E-state index in [1.165, 1.54) is 30.6 Å². The van der Waals surface area contributed by atoms with E-state index in [-0.39, 0.29) is 4.74 Å². The van der Waals surface area contributed by atoms with Crippen LogP contribution in [0.4, 0.5) is 0 Å². The molecular weight excluding hydrogens is 330 g/mol. The lowest BCUT2D eigenvalue weighted by Gasteiger charge is -2.26. The number of piperidine rings is 1. The molecule has 0 N–H and O–H groups in total. The summed E-state index contributed by atoms with van der Waals surface area (Å²) in [6.45, 7) is 6.29. The zero-order valence-corrected chi connectivity index (χ0v) is 15.6. The number of hydrogen-bond donors (Lipinski definition) is 0. The second-order valence-corrected chi connectivity index (χ2v) is 7.97. The minimum atomic E-state index is 0.0869. The lowest BCUT2D eigenvalue weighted by molar-refractivity contribution is 0.213. The van der Waals surface area contributed by atoms with Crippen molar-refractivity contribution in [3.8, 4) is 0 Å². The van der Waals surface area contributed by atoms with E-state index in [2.05, 4.69) is 28.5 Å². The smallest absolute Gasteiger partial charge is 0.260 e. The molecule has 0 unspecified atom stereocenters. The standard InChI is InChI=1S/C20H25N3OS/c1-2-3-13-23-17(14-22-11-7-4-8-12-22)21-18-19(23)15-9-5-6-10-16(15)25-20(18)24/h5-6,9-10H,2-4,7-8,11-14H2,1H3. The molecule has 4 rings (SSSR count). The largest absolute Gasteiger partial charge is 0.326 e. The molecule has 3 heterocycles. The second kappa shape index (κ2) is 7.26. The van der Waals surface area contributed by atoms with Gasteiger partial charge < -0.3 is 4.57 Å². The summed E-state index contributed by atoms with van der Waals surface area (Å²) in [4.78, 5) is 20.0.